The molecule has 1 atom stereocenters. The summed E-state index contributed by atoms with van der Waals surface area (Å²) in [6.07, 6.45) is 1.13. The van der Waals surface area contributed by atoms with Gasteiger partial charge in [0.25, 0.3) is 0 Å². The van der Waals surface area contributed by atoms with E-state index in [9.17, 15) is 4.39 Å². The van der Waals surface area contributed by atoms with Crippen LogP contribution in [0, 0.1) is 17.1 Å². The first-order valence-corrected chi connectivity index (χ1v) is 9.71. The number of methoxy groups -OCH3 is 1. The van der Waals surface area contributed by atoms with Gasteiger partial charge in [0, 0.05) is 27.9 Å². The van der Waals surface area contributed by atoms with Crippen LogP contribution in [0.15, 0.2) is 42.6 Å². The van der Waals surface area contributed by atoms with E-state index in [1.54, 1.807) is 32.4 Å². The van der Waals surface area contributed by atoms with Crippen LogP contribution >= 0.6 is 23.2 Å². The van der Waals surface area contributed by atoms with Crippen LogP contribution in [-0.4, -0.2) is 12.1 Å². The molecule has 0 aliphatic rings. The smallest absolute Gasteiger partial charge is 0.166 e. The Morgan fingerprint density at radius 2 is 1.93 bits per heavy atom. The van der Waals surface area contributed by atoms with Gasteiger partial charge in [0.2, 0.25) is 0 Å². The molecule has 1 heterocycles. The van der Waals surface area contributed by atoms with Crippen LogP contribution < -0.4 is 15.2 Å². The van der Waals surface area contributed by atoms with Crippen LogP contribution in [0.4, 0.5) is 10.2 Å². The van der Waals surface area contributed by atoms with Gasteiger partial charge in [-0.3, -0.25) is 0 Å². The Labute approximate surface area is 183 Å². The van der Waals surface area contributed by atoms with Crippen molar-refractivity contribution in [3.63, 3.8) is 0 Å². The first kappa shape index (κ1) is 21.7. The normalized spacial score (nSPS) is 11.6. The van der Waals surface area contributed by atoms with Crippen molar-refractivity contribution in [3.8, 4) is 28.7 Å². The second-order valence-electron chi connectivity index (χ2n) is 6.49. The standard InChI is InChI=1S/C22H18Cl2FN3O2/c1-12(20-16(23)4-5-17(25)21(20)24)30-19-10-15(11-28-22(19)27)13-3-6-18(29-2)14(9-13)7-8-26/h3-6,9-12H,7H2,1-2H3,(H2,27,28). The fourth-order valence-electron chi connectivity index (χ4n) is 3.05. The molecule has 8 heteroatoms. The monoisotopic (exact) mass is 445 g/mol. The zero-order valence-corrected chi connectivity index (χ0v) is 17.8. The number of nitrogen functional groups attached to an aromatic ring is 1. The molecule has 30 heavy (non-hydrogen) atoms. The van der Waals surface area contributed by atoms with Gasteiger partial charge in [0.05, 0.1) is 24.6 Å². The van der Waals surface area contributed by atoms with E-state index in [4.69, 9.17) is 43.7 Å². The van der Waals surface area contributed by atoms with Crippen LogP contribution in [0.2, 0.25) is 10.0 Å². The molecule has 2 aromatic carbocycles. The van der Waals surface area contributed by atoms with Crippen molar-refractivity contribution < 1.29 is 13.9 Å². The topological polar surface area (TPSA) is 81.2 Å². The van der Waals surface area contributed by atoms with Gasteiger partial charge in [0.15, 0.2) is 11.6 Å². The zero-order chi connectivity index (χ0) is 21.8. The number of halogens is 3. The van der Waals surface area contributed by atoms with Crippen molar-refractivity contribution in [2.24, 2.45) is 0 Å². The SMILES string of the molecule is COc1ccc(-c2cnc(N)c(OC(C)c3c(Cl)ccc(F)c3Cl)c2)cc1CC#N. The molecule has 154 valence electrons. The largest absolute Gasteiger partial charge is 0.496 e. The highest BCUT2D eigenvalue weighted by Crippen LogP contribution is 2.37. The fraction of sp³-hybridized carbons (Fsp3) is 0.182. The van der Waals surface area contributed by atoms with Crippen LogP contribution in [-0.2, 0) is 6.42 Å². The molecule has 3 aromatic rings. The van der Waals surface area contributed by atoms with Crippen LogP contribution in [0.3, 0.4) is 0 Å². The molecule has 0 saturated heterocycles. The number of anilines is 1. The number of nitrogens with zero attached hydrogens (tertiary/aromatic N) is 2. The van der Waals surface area contributed by atoms with Gasteiger partial charge in [0.1, 0.15) is 17.7 Å². The number of nitriles is 1. The Morgan fingerprint density at radius 1 is 1.17 bits per heavy atom. The molecule has 2 N–H and O–H groups in total. The molecular weight excluding hydrogens is 428 g/mol. The predicted octanol–water partition coefficient (Wildman–Crippen LogP) is 5.99. The zero-order valence-electron chi connectivity index (χ0n) is 16.2. The number of rotatable bonds is 6. The van der Waals surface area contributed by atoms with E-state index >= 15 is 0 Å². The van der Waals surface area contributed by atoms with Crippen molar-refractivity contribution in [1.29, 1.82) is 5.26 Å². The maximum atomic E-state index is 13.9. The van der Waals surface area contributed by atoms with E-state index < -0.39 is 11.9 Å². The molecule has 1 unspecified atom stereocenters. The van der Waals surface area contributed by atoms with E-state index in [1.807, 2.05) is 12.1 Å². The molecule has 0 aliphatic carbocycles. The lowest BCUT2D eigenvalue weighted by molar-refractivity contribution is 0.227. The Kier molecular flexibility index (Phi) is 6.66. The van der Waals surface area contributed by atoms with E-state index in [1.165, 1.54) is 12.1 Å². The lowest BCUT2D eigenvalue weighted by Crippen LogP contribution is -2.08. The van der Waals surface area contributed by atoms with Gasteiger partial charge in [-0.05, 0) is 42.8 Å². The summed E-state index contributed by atoms with van der Waals surface area (Å²) in [7, 11) is 1.55. The van der Waals surface area contributed by atoms with Gasteiger partial charge >= 0.3 is 0 Å². The Hall–Kier alpha value is -3.01. The number of aromatic nitrogens is 1. The Balaban J connectivity index is 1.96. The fourth-order valence-corrected chi connectivity index (χ4v) is 3.73. The molecule has 0 radical (unpaired) electrons. The van der Waals surface area contributed by atoms with Crippen molar-refractivity contribution in [3.05, 3.63) is 69.6 Å². The molecule has 5 nitrogen and oxygen atoms in total. The minimum atomic E-state index is -0.676. The minimum absolute atomic E-state index is 0.103. The molecular formula is C22H18Cl2FN3O2. The first-order chi connectivity index (χ1) is 14.3. The molecule has 0 fully saturated rings. The highest BCUT2D eigenvalue weighted by molar-refractivity contribution is 6.36. The van der Waals surface area contributed by atoms with Crippen LogP contribution in [0.5, 0.6) is 11.5 Å². The average molecular weight is 446 g/mol. The quantitative estimate of drug-likeness (QED) is 0.471. The molecule has 0 spiro atoms. The number of pyridine rings is 1. The number of hydrogen-bond acceptors (Lipinski definition) is 5. The lowest BCUT2D eigenvalue weighted by Gasteiger charge is -2.19. The van der Waals surface area contributed by atoms with E-state index in [0.717, 1.165) is 16.7 Å². The summed E-state index contributed by atoms with van der Waals surface area (Å²) >= 11 is 12.3. The summed E-state index contributed by atoms with van der Waals surface area (Å²) in [6.45, 7) is 1.69. The number of nitrogens with two attached hydrogens (primary N) is 1. The van der Waals surface area contributed by atoms with Gasteiger partial charge < -0.3 is 15.2 Å². The summed E-state index contributed by atoms with van der Waals surface area (Å²) in [5, 5.41) is 9.23. The minimum Gasteiger partial charge on any atom is -0.496 e. The van der Waals surface area contributed by atoms with Crippen LogP contribution in [0.1, 0.15) is 24.2 Å². The van der Waals surface area contributed by atoms with E-state index in [0.29, 0.717) is 17.1 Å². The molecule has 0 amide bonds. The second kappa shape index (κ2) is 9.21. The summed E-state index contributed by atoms with van der Waals surface area (Å²) in [5.74, 6) is 0.507. The third-order valence-electron chi connectivity index (χ3n) is 4.55. The molecule has 1 aromatic heterocycles. The Morgan fingerprint density at radius 3 is 2.63 bits per heavy atom. The van der Waals surface area contributed by atoms with Gasteiger partial charge in [-0.15, -0.1) is 0 Å². The molecule has 3 rings (SSSR count). The summed E-state index contributed by atoms with van der Waals surface area (Å²) < 4.78 is 25.1. The third-order valence-corrected chi connectivity index (χ3v) is 5.27. The number of benzene rings is 2. The first-order valence-electron chi connectivity index (χ1n) is 8.95. The Bertz CT molecular complexity index is 1130. The third kappa shape index (κ3) is 4.43. The molecule has 0 saturated carbocycles. The van der Waals surface area contributed by atoms with Gasteiger partial charge in [-0.25, -0.2) is 9.37 Å². The predicted molar refractivity (Wildman–Crippen MR) is 115 cm³/mol. The van der Waals surface area contributed by atoms with Crippen molar-refractivity contribution >= 4 is 29.0 Å². The lowest BCUT2D eigenvalue weighted by atomic mass is 10.0. The summed E-state index contributed by atoms with van der Waals surface area (Å²) in [4.78, 5) is 4.20. The number of ether oxygens (including phenoxy) is 2. The van der Waals surface area contributed by atoms with Crippen molar-refractivity contribution in [2.45, 2.75) is 19.4 Å². The molecule has 0 aliphatic heterocycles. The van der Waals surface area contributed by atoms with Crippen molar-refractivity contribution in [2.75, 3.05) is 12.8 Å². The van der Waals surface area contributed by atoms with E-state index in [2.05, 4.69) is 11.1 Å². The average Bonchev–Trinajstić information content (AvgIpc) is 2.73. The molecule has 0 bridgehead atoms. The maximum absolute atomic E-state index is 13.9. The maximum Gasteiger partial charge on any atom is 0.166 e. The van der Waals surface area contributed by atoms with E-state index in [-0.39, 0.29) is 22.3 Å². The van der Waals surface area contributed by atoms with Crippen molar-refractivity contribution in [1.82, 2.24) is 4.98 Å². The highest BCUT2D eigenvalue weighted by Gasteiger charge is 2.20. The summed E-state index contributed by atoms with van der Waals surface area (Å²) in [6, 6.07) is 11.9. The highest BCUT2D eigenvalue weighted by atomic mass is 35.5. The second-order valence-corrected chi connectivity index (χ2v) is 7.27. The summed E-state index contributed by atoms with van der Waals surface area (Å²) in [5.41, 5.74) is 8.60. The van der Waals surface area contributed by atoms with Gasteiger partial charge in [-0.2, -0.15) is 5.26 Å². The number of hydrogen-bond donors (Lipinski definition) is 1. The van der Waals surface area contributed by atoms with Crippen LogP contribution in [0.25, 0.3) is 11.1 Å². The van der Waals surface area contributed by atoms with Gasteiger partial charge in [-0.1, -0.05) is 29.3 Å².